The fourth-order valence-electron chi connectivity index (χ4n) is 5.06. The Morgan fingerprint density at radius 3 is 2.42 bits per heavy atom. The van der Waals surface area contributed by atoms with Gasteiger partial charge in [-0.3, -0.25) is 4.90 Å². The third-order valence-electron chi connectivity index (χ3n) is 6.74. The van der Waals surface area contributed by atoms with Crippen molar-refractivity contribution in [2.75, 3.05) is 32.8 Å². The van der Waals surface area contributed by atoms with Gasteiger partial charge in [0.2, 0.25) is 0 Å². The van der Waals surface area contributed by atoms with E-state index in [1.165, 1.54) is 27.8 Å². The molecule has 3 aromatic carbocycles. The molecule has 0 bridgehead atoms. The molecule has 3 aromatic rings. The topological polar surface area (TPSA) is 59.0 Å². The largest absolute Gasteiger partial charge is 0.479 e. The minimum absolute atomic E-state index is 0.151. The van der Waals surface area contributed by atoms with E-state index in [0.717, 1.165) is 13.0 Å². The molecule has 1 aliphatic heterocycles. The monoisotopic (exact) mass is 443 g/mol. The van der Waals surface area contributed by atoms with Crippen molar-refractivity contribution in [3.05, 3.63) is 107 Å². The van der Waals surface area contributed by atoms with Crippen LogP contribution < -0.4 is 0 Å². The molecular formula is C28H29NO4. The molecule has 3 unspecified atom stereocenters. The predicted octanol–water partition coefficient (Wildman–Crippen LogP) is 4.27. The van der Waals surface area contributed by atoms with Crippen LogP contribution in [-0.4, -0.2) is 54.9 Å². The van der Waals surface area contributed by atoms with Gasteiger partial charge in [-0.25, -0.2) is 4.79 Å². The average molecular weight is 444 g/mol. The molecule has 0 saturated carbocycles. The number of hydrogen-bond acceptors (Lipinski definition) is 4. The molecule has 3 atom stereocenters. The quantitative estimate of drug-likeness (QED) is 0.617. The molecular weight excluding hydrogens is 414 g/mol. The first-order chi connectivity index (χ1) is 16.2. The first-order valence-corrected chi connectivity index (χ1v) is 11.6. The fourth-order valence-corrected chi connectivity index (χ4v) is 5.06. The summed E-state index contributed by atoms with van der Waals surface area (Å²) in [7, 11) is 0. The lowest BCUT2D eigenvalue weighted by Gasteiger charge is -2.31. The molecule has 1 fully saturated rings. The third-order valence-corrected chi connectivity index (χ3v) is 6.74. The fraction of sp³-hybridized carbons (Fsp3) is 0.321. The molecule has 0 radical (unpaired) electrons. The minimum atomic E-state index is -0.904. The molecule has 33 heavy (non-hydrogen) atoms. The zero-order valence-electron chi connectivity index (χ0n) is 18.6. The number of fused-ring (bicyclic) bond motifs is 2. The van der Waals surface area contributed by atoms with Gasteiger partial charge in [-0.2, -0.15) is 0 Å². The van der Waals surface area contributed by atoms with Crippen molar-refractivity contribution in [1.29, 1.82) is 0 Å². The summed E-state index contributed by atoms with van der Waals surface area (Å²) in [6.07, 6.45) is 0.0213. The number of morpholine rings is 1. The van der Waals surface area contributed by atoms with Crippen molar-refractivity contribution in [2.45, 2.75) is 24.5 Å². The van der Waals surface area contributed by atoms with Crippen LogP contribution in [0.3, 0.4) is 0 Å². The molecule has 0 spiro atoms. The van der Waals surface area contributed by atoms with Crippen molar-refractivity contribution < 1.29 is 19.4 Å². The van der Waals surface area contributed by atoms with Gasteiger partial charge in [0, 0.05) is 25.6 Å². The smallest absolute Gasteiger partial charge is 0.334 e. The number of nitrogens with zero attached hydrogens (tertiary/aromatic N) is 1. The Morgan fingerprint density at radius 1 is 0.939 bits per heavy atom. The Bertz CT molecular complexity index is 1100. The van der Waals surface area contributed by atoms with Gasteiger partial charge in [0.05, 0.1) is 13.2 Å². The lowest BCUT2D eigenvalue weighted by atomic mass is 9.85. The molecule has 2 aliphatic rings. The van der Waals surface area contributed by atoms with E-state index in [-0.39, 0.29) is 12.0 Å². The normalized spacial score (nSPS) is 22.7. The van der Waals surface area contributed by atoms with Gasteiger partial charge >= 0.3 is 5.97 Å². The SMILES string of the molecule is O=C(O)C1CN(CCOC2c3ccccc3CC(c3ccccc3)c3ccccc32)CCO1. The maximum absolute atomic E-state index is 11.3. The molecule has 5 nitrogen and oxygen atoms in total. The molecule has 0 aromatic heterocycles. The number of rotatable bonds is 6. The number of carbonyl (C=O) groups is 1. The van der Waals surface area contributed by atoms with Crippen molar-refractivity contribution >= 4 is 5.97 Å². The van der Waals surface area contributed by atoms with E-state index < -0.39 is 12.1 Å². The lowest BCUT2D eigenvalue weighted by Crippen LogP contribution is -2.47. The summed E-state index contributed by atoms with van der Waals surface area (Å²) in [6.45, 7) is 2.75. The van der Waals surface area contributed by atoms with Crippen LogP contribution in [-0.2, 0) is 20.7 Å². The average Bonchev–Trinajstić information content (AvgIpc) is 3.00. The molecule has 1 aliphatic carbocycles. The summed E-state index contributed by atoms with van der Waals surface area (Å²) in [6, 6.07) is 27.9. The third kappa shape index (κ3) is 4.71. The molecule has 1 N–H and O–H groups in total. The summed E-state index contributed by atoms with van der Waals surface area (Å²) in [5.74, 6) is -0.632. The first kappa shape index (κ1) is 21.8. The highest BCUT2D eigenvalue weighted by atomic mass is 16.5. The Kier molecular flexibility index (Phi) is 6.53. The van der Waals surface area contributed by atoms with Gasteiger partial charge < -0.3 is 14.6 Å². The molecule has 1 heterocycles. The molecule has 170 valence electrons. The molecule has 5 rings (SSSR count). The van der Waals surface area contributed by atoms with E-state index in [9.17, 15) is 9.90 Å². The number of aliphatic carboxylic acids is 1. The number of carboxylic acids is 1. The van der Waals surface area contributed by atoms with Crippen LogP contribution in [0, 0.1) is 0 Å². The van der Waals surface area contributed by atoms with Crippen molar-refractivity contribution in [1.82, 2.24) is 4.90 Å². The second-order valence-corrected chi connectivity index (χ2v) is 8.74. The van der Waals surface area contributed by atoms with Crippen LogP contribution in [0.1, 0.15) is 39.8 Å². The standard InChI is InChI=1S/C28H29NO4/c30-28(31)26-19-29(14-16-32-26)15-17-33-27-22-11-5-4-10-21(22)18-25(20-8-2-1-3-9-20)23-12-6-7-13-24(23)27/h1-13,25-27H,14-19H2,(H,30,31). The zero-order valence-corrected chi connectivity index (χ0v) is 18.6. The Morgan fingerprint density at radius 2 is 1.64 bits per heavy atom. The Balaban J connectivity index is 1.42. The number of ether oxygens (including phenoxy) is 2. The Labute approximate surface area is 194 Å². The maximum Gasteiger partial charge on any atom is 0.334 e. The van der Waals surface area contributed by atoms with Crippen LogP contribution in [0.4, 0.5) is 0 Å². The highest BCUT2D eigenvalue weighted by molar-refractivity contribution is 5.72. The zero-order chi connectivity index (χ0) is 22.6. The number of hydrogen-bond donors (Lipinski definition) is 1. The summed E-state index contributed by atoms with van der Waals surface area (Å²) in [4.78, 5) is 13.4. The highest BCUT2D eigenvalue weighted by Gasteiger charge is 2.30. The van der Waals surface area contributed by atoms with Crippen LogP contribution in [0.15, 0.2) is 78.9 Å². The van der Waals surface area contributed by atoms with Gasteiger partial charge in [-0.15, -0.1) is 0 Å². The highest BCUT2D eigenvalue weighted by Crippen LogP contribution is 2.42. The molecule has 1 saturated heterocycles. The summed E-state index contributed by atoms with van der Waals surface area (Å²) in [5, 5.41) is 9.27. The van der Waals surface area contributed by atoms with Crippen LogP contribution in [0.5, 0.6) is 0 Å². The van der Waals surface area contributed by atoms with Crippen molar-refractivity contribution in [3.8, 4) is 0 Å². The summed E-state index contributed by atoms with van der Waals surface area (Å²) < 4.78 is 11.9. The van der Waals surface area contributed by atoms with E-state index in [1.54, 1.807) is 0 Å². The molecule has 0 amide bonds. The number of benzene rings is 3. The van der Waals surface area contributed by atoms with Gasteiger partial charge in [-0.05, 0) is 34.2 Å². The number of carboxylic acid groups (broad SMARTS) is 1. The van der Waals surface area contributed by atoms with E-state index in [1.807, 2.05) is 0 Å². The van der Waals surface area contributed by atoms with Crippen LogP contribution in [0.2, 0.25) is 0 Å². The summed E-state index contributed by atoms with van der Waals surface area (Å²) >= 11 is 0. The van der Waals surface area contributed by atoms with Gasteiger partial charge in [0.15, 0.2) is 6.10 Å². The van der Waals surface area contributed by atoms with Gasteiger partial charge in [-0.1, -0.05) is 78.9 Å². The summed E-state index contributed by atoms with van der Waals surface area (Å²) in [5.41, 5.74) is 6.36. The van der Waals surface area contributed by atoms with E-state index >= 15 is 0 Å². The second-order valence-electron chi connectivity index (χ2n) is 8.74. The molecule has 5 heteroatoms. The van der Waals surface area contributed by atoms with E-state index in [0.29, 0.717) is 26.3 Å². The van der Waals surface area contributed by atoms with Gasteiger partial charge in [0.1, 0.15) is 6.10 Å². The van der Waals surface area contributed by atoms with Crippen LogP contribution in [0.25, 0.3) is 0 Å². The maximum atomic E-state index is 11.3. The second kappa shape index (κ2) is 9.87. The minimum Gasteiger partial charge on any atom is -0.479 e. The first-order valence-electron chi connectivity index (χ1n) is 11.6. The van der Waals surface area contributed by atoms with Gasteiger partial charge in [0.25, 0.3) is 0 Å². The lowest BCUT2D eigenvalue weighted by molar-refractivity contribution is -0.156. The van der Waals surface area contributed by atoms with Crippen LogP contribution >= 0.6 is 0 Å². The van der Waals surface area contributed by atoms with E-state index in [2.05, 4.69) is 83.8 Å². The predicted molar refractivity (Wildman–Crippen MR) is 126 cm³/mol. The Hall–Kier alpha value is -2.99. The van der Waals surface area contributed by atoms with E-state index in [4.69, 9.17) is 9.47 Å². The van der Waals surface area contributed by atoms with Crippen molar-refractivity contribution in [3.63, 3.8) is 0 Å². The van der Waals surface area contributed by atoms with Crippen molar-refractivity contribution in [2.24, 2.45) is 0 Å².